The van der Waals surface area contributed by atoms with Crippen molar-refractivity contribution in [3.05, 3.63) is 42.9 Å². The van der Waals surface area contributed by atoms with Gasteiger partial charge in [-0.15, -0.1) is 0 Å². The van der Waals surface area contributed by atoms with E-state index in [1.165, 1.54) is 0 Å². The van der Waals surface area contributed by atoms with Gasteiger partial charge in [-0.3, -0.25) is 4.90 Å². The van der Waals surface area contributed by atoms with Gasteiger partial charge in [-0.05, 0) is 31.2 Å². The van der Waals surface area contributed by atoms with Crippen LogP contribution < -0.4 is 5.32 Å². The summed E-state index contributed by atoms with van der Waals surface area (Å²) in [5.41, 5.74) is 1.84. The summed E-state index contributed by atoms with van der Waals surface area (Å²) in [4.78, 5) is 14.5. The van der Waals surface area contributed by atoms with Crippen LogP contribution in [0.5, 0.6) is 0 Å². The van der Waals surface area contributed by atoms with Gasteiger partial charge in [-0.2, -0.15) is 0 Å². The molecule has 4 rings (SSSR count). The molecule has 1 aliphatic heterocycles. The van der Waals surface area contributed by atoms with Gasteiger partial charge < -0.3 is 14.6 Å². The number of hydrogen-bond donors (Lipinski definition) is 1. The molecule has 0 aliphatic carbocycles. The van der Waals surface area contributed by atoms with Crippen LogP contribution in [0.1, 0.15) is 13.8 Å². The number of piperazine rings is 1. The van der Waals surface area contributed by atoms with E-state index in [1.54, 1.807) is 12.5 Å². The molecule has 0 amide bonds. The lowest BCUT2D eigenvalue weighted by molar-refractivity contribution is 0.0944. The molecule has 0 spiro atoms. The van der Waals surface area contributed by atoms with Gasteiger partial charge in [0.15, 0.2) is 5.82 Å². The molecule has 28 heavy (non-hydrogen) atoms. The van der Waals surface area contributed by atoms with Crippen LogP contribution >= 0.6 is 0 Å². The summed E-state index contributed by atoms with van der Waals surface area (Å²) >= 11 is 0. The number of furan rings is 1. The number of likely N-dealkylation sites (N-methyl/N-ethyl adjacent to an activating group) is 1. The van der Waals surface area contributed by atoms with E-state index in [0.717, 1.165) is 55.0 Å². The van der Waals surface area contributed by atoms with Crippen molar-refractivity contribution < 1.29 is 4.42 Å². The highest BCUT2D eigenvalue weighted by Crippen LogP contribution is 2.25. The summed E-state index contributed by atoms with van der Waals surface area (Å²) in [7, 11) is 2.20. The van der Waals surface area contributed by atoms with Crippen molar-refractivity contribution in [2.45, 2.75) is 19.9 Å². The predicted octanol–water partition coefficient (Wildman–Crippen LogP) is 3.57. The van der Waals surface area contributed by atoms with E-state index in [4.69, 9.17) is 14.4 Å². The maximum absolute atomic E-state index is 5.23. The first-order valence-electron chi connectivity index (χ1n) is 10.1. The van der Waals surface area contributed by atoms with Crippen LogP contribution in [-0.4, -0.2) is 65.6 Å². The van der Waals surface area contributed by atoms with E-state index >= 15 is 0 Å². The summed E-state index contributed by atoms with van der Waals surface area (Å²) in [6.45, 7) is 9.97. The normalized spacial score (nSPS) is 17.3. The summed E-state index contributed by atoms with van der Waals surface area (Å²) in [6.07, 6.45) is 3.35. The first-order valence-corrected chi connectivity index (χ1v) is 10.1. The number of hydrogen-bond acceptors (Lipinski definition) is 6. The van der Waals surface area contributed by atoms with Gasteiger partial charge in [-0.25, -0.2) is 9.97 Å². The molecular weight excluding hydrogens is 350 g/mol. The highest BCUT2D eigenvalue weighted by Gasteiger charge is 2.25. The van der Waals surface area contributed by atoms with Crippen molar-refractivity contribution in [1.82, 2.24) is 19.8 Å². The fraction of sp³-hybridized carbons (Fsp3) is 0.455. The molecule has 6 heteroatoms. The van der Waals surface area contributed by atoms with Crippen LogP contribution in [0, 0.1) is 5.92 Å². The summed E-state index contributed by atoms with van der Waals surface area (Å²) in [5.74, 6) is 2.15. The molecular formula is C22H29N5O. The minimum Gasteiger partial charge on any atom is -0.472 e. The Hall–Kier alpha value is -2.44. The number of rotatable bonds is 6. The van der Waals surface area contributed by atoms with Crippen molar-refractivity contribution in [2.75, 3.05) is 45.1 Å². The van der Waals surface area contributed by atoms with Crippen LogP contribution in [-0.2, 0) is 0 Å². The zero-order chi connectivity index (χ0) is 19.5. The van der Waals surface area contributed by atoms with E-state index in [2.05, 4.69) is 42.1 Å². The maximum atomic E-state index is 5.23. The summed E-state index contributed by atoms with van der Waals surface area (Å²) in [5, 5.41) is 4.69. The third-order valence-corrected chi connectivity index (χ3v) is 5.64. The van der Waals surface area contributed by atoms with Gasteiger partial charge in [-0.1, -0.05) is 26.0 Å². The lowest BCUT2D eigenvalue weighted by Crippen LogP contribution is -2.52. The van der Waals surface area contributed by atoms with Gasteiger partial charge >= 0.3 is 0 Å². The van der Waals surface area contributed by atoms with Crippen LogP contribution in [0.2, 0.25) is 0 Å². The molecule has 1 aromatic carbocycles. The van der Waals surface area contributed by atoms with Crippen LogP contribution in [0.3, 0.4) is 0 Å². The van der Waals surface area contributed by atoms with Crippen molar-refractivity contribution in [3.8, 4) is 11.4 Å². The van der Waals surface area contributed by atoms with Gasteiger partial charge in [0, 0.05) is 44.2 Å². The molecule has 6 nitrogen and oxygen atoms in total. The Morgan fingerprint density at radius 1 is 1.07 bits per heavy atom. The fourth-order valence-corrected chi connectivity index (χ4v) is 3.87. The molecule has 1 aliphatic rings. The topological polar surface area (TPSA) is 57.4 Å². The monoisotopic (exact) mass is 379 g/mol. The third-order valence-electron chi connectivity index (χ3n) is 5.64. The van der Waals surface area contributed by atoms with Gasteiger partial charge in [0.1, 0.15) is 12.1 Å². The van der Waals surface area contributed by atoms with Crippen molar-refractivity contribution in [1.29, 1.82) is 0 Å². The first-order chi connectivity index (χ1) is 13.6. The Labute approximate surface area is 166 Å². The Bertz CT molecular complexity index is 900. The van der Waals surface area contributed by atoms with Crippen molar-refractivity contribution in [3.63, 3.8) is 0 Å². The zero-order valence-electron chi connectivity index (χ0n) is 16.9. The summed E-state index contributed by atoms with van der Waals surface area (Å²) < 4.78 is 5.23. The molecule has 1 unspecified atom stereocenters. The van der Waals surface area contributed by atoms with Crippen LogP contribution in [0.4, 0.5) is 5.82 Å². The van der Waals surface area contributed by atoms with Crippen molar-refractivity contribution >= 4 is 16.7 Å². The summed E-state index contributed by atoms with van der Waals surface area (Å²) in [6, 6.07) is 10.5. The number of nitrogens with one attached hydrogen (secondary N) is 1. The SMILES string of the molecule is CC(C)C(CNc1nc(-c2ccoc2)nc2ccccc12)N1CCN(C)CC1. The molecule has 1 saturated heterocycles. The molecule has 148 valence electrons. The Morgan fingerprint density at radius 3 is 2.57 bits per heavy atom. The largest absolute Gasteiger partial charge is 0.472 e. The molecule has 0 saturated carbocycles. The maximum Gasteiger partial charge on any atom is 0.165 e. The van der Waals surface area contributed by atoms with E-state index in [9.17, 15) is 0 Å². The second kappa shape index (κ2) is 8.29. The van der Waals surface area contributed by atoms with E-state index in [0.29, 0.717) is 17.8 Å². The molecule has 3 aromatic rings. The molecule has 1 fully saturated rings. The third kappa shape index (κ3) is 4.03. The second-order valence-electron chi connectivity index (χ2n) is 7.96. The van der Waals surface area contributed by atoms with Gasteiger partial charge in [0.05, 0.1) is 17.3 Å². The predicted molar refractivity (Wildman–Crippen MR) is 113 cm³/mol. The highest BCUT2D eigenvalue weighted by atomic mass is 16.3. The average Bonchev–Trinajstić information content (AvgIpc) is 3.24. The minimum absolute atomic E-state index is 0.472. The second-order valence-corrected chi connectivity index (χ2v) is 7.96. The van der Waals surface area contributed by atoms with Gasteiger partial charge in [0.2, 0.25) is 0 Å². The van der Waals surface area contributed by atoms with E-state index in [1.807, 2.05) is 24.3 Å². The van der Waals surface area contributed by atoms with E-state index in [-0.39, 0.29) is 0 Å². The van der Waals surface area contributed by atoms with Crippen molar-refractivity contribution in [2.24, 2.45) is 5.92 Å². The number of anilines is 1. The molecule has 0 bridgehead atoms. The lowest BCUT2D eigenvalue weighted by atomic mass is 10.0. The smallest absolute Gasteiger partial charge is 0.165 e. The Morgan fingerprint density at radius 2 is 1.86 bits per heavy atom. The van der Waals surface area contributed by atoms with Crippen LogP contribution in [0.15, 0.2) is 47.3 Å². The van der Waals surface area contributed by atoms with Gasteiger partial charge in [0.25, 0.3) is 0 Å². The minimum atomic E-state index is 0.472. The average molecular weight is 380 g/mol. The number of nitrogens with zero attached hydrogens (tertiary/aromatic N) is 4. The fourth-order valence-electron chi connectivity index (χ4n) is 3.87. The number of para-hydroxylation sites is 1. The molecule has 3 heterocycles. The first kappa shape index (κ1) is 18.9. The molecule has 0 radical (unpaired) electrons. The molecule has 1 N–H and O–H groups in total. The Kier molecular flexibility index (Phi) is 5.59. The highest BCUT2D eigenvalue weighted by molar-refractivity contribution is 5.90. The zero-order valence-corrected chi connectivity index (χ0v) is 16.9. The van der Waals surface area contributed by atoms with E-state index < -0.39 is 0 Å². The standard InChI is InChI=1S/C22H29N5O/c1-16(2)20(27-11-9-26(3)10-12-27)14-23-22-18-6-4-5-7-19(18)24-21(25-22)17-8-13-28-15-17/h4-8,13,15-16,20H,9-12,14H2,1-3H3,(H,23,24,25). The lowest BCUT2D eigenvalue weighted by Gasteiger charge is -2.40. The quantitative estimate of drug-likeness (QED) is 0.707. The number of fused-ring (bicyclic) bond motifs is 1. The molecule has 2 aromatic heterocycles. The number of benzene rings is 1. The van der Waals surface area contributed by atoms with Crippen LogP contribution in [0.25, 0.3) is 22.3 Å². The molecule has 1 atom stereocenters. The Balaban J connectivity index is 1.59. The number of aromatic nitrogens is 2.